The van der Waals surface area contributed by atoms with Crippen LogP contribution in [0.2, 0.25) is 0 Å². The standard InChI is InChI=1S/C25H21N3O4/c1-25(24(31)32,16-17-10-4-2-5-11-17)26-22(29)21-19-14-8-9-15-20(19)23(30)28(27-21)18-12-6-3-7-13-18/h2-15H,16H2,1H3,(H,26,29)(H,31,32)/t25-/m1/s1. The topological polar surface area (TPSA) is 101 Å². The van der Waals surface area contributed by atoms with Crippen LogP contribution in [0.1, 0.15) is 23.0 Å². The van der Waals surface area contributed by atoms with Crippen molar-refractivity contribution in [1.29, 1.82) is 0 Å². The first-order valence-corrected chi connectivity index (χ1v) is 10.1. The van der Waals surface area contributed by atoms with E-state index in [1.54, 1.807) is 60.7 Å². The molecule has 0 saturated heterocycles. The highest BCUT2D eigenvalue weighted by atomic mass is 16.4. The maximum Gasteiger partial charge on any atom is 0.329 e. The van der Waals surface area contributed by atoms with Crippen LogP contribution in [0.15, 0.2) is 89.7 Å². The summed E-state index contributed by atoms with van der Waals surface area (Å²) in [5.41, 5.74) is -0.694. The molecule has 0 aliphatic rings. The van der Waals surface area contributed by atoms with Crippen LogP contribution in [0.4, 0.5) is 0 Å². The van der Waals surface area contributed by atoms with Gasteiger partial charge in [-0.25, -0.2) is 4.79 Å². The number of rotatable bonds is 6. The van der Waals surface area contributed by atoms with Crippen molar-refractivity contribution in [2.24, 2.45) is 0 Å². The zero-order valence-corrected chi connectivity index (χ0v) is 17.4. The van der Waals surface area contributed by atoms with Gasteiger partial charge in [-0.1, -0.05) is 66.7 Å². The molecule has 1 heterocycles. The minimum absolute atomic E-state index is 0.0235. The van der Waals surface area contributed by atoms with Crippen LogP contribution in [0.25, 0.3) is 16.5 Å². The van der Waals surface area contributed by atoms with Gasteiger partial charge in [0.25, 0.3) is 11.5 Å². The van der Waals surface area contributed by atoms with Gasteiger partial charge >= 0.3 is 5.97 Å². The van der Waals surface area contributed by atoms with Gasteiger partial charge in [-0.2, -0.15) is 9.78 Å². The molecule has 0 aliphatic heterocycles. The van der Waals surface area contributed by atoms with E-state index in [0.717, 1.165) is 10.2 Å². The van der Waals surface area contributed by atoms with Gasteiger partial charge in [0.15, 0.2) is 5.69 Å². The number of fused-ring (bicyclic) bond motifs is 1. The van der Waals surface area contributed by atoms with Gasteiger partial charge in [0.05, 0.1) is 11.1 Å². The Labute approximate surface area is 183 Å². The summed E-state index contributed by atoms with van der Waals surface area (Å²) >= 11 is 0. The molecule has 32 heavy (non-hydrogen) atoms. The average molecular weight is 427 g/mol. The molecule has 1 aromatic heterocycles. The first-order chi connectivity index (χ1) is 15.4. The SMILES string of the molecule is C[C@](Cc1ccccc1)(NC(=O)c1nn(-c2ccccc2)c(=O)c2ccccc12)C(=O)O. The van der Waals surface area contributed by atoms with Gasteiger partial charge < -0.3 is 10.4 Å². The molecular weight excluding hydrogens is 406 g/mol. The molecule has 0 spiro atoms. The number of hydrogen-bond acceptors (Lipinski definition) is 4. The van der Waals surface area contributed by atoms with Crippen molar-refractivity contribution in [3.8, 4) is 5.69 Å². The fraction of sp³-hybridized carbons (Fsp3) is 0.120. The number of carbonyl (C=O) groups excluding carboxylic acids is 1. The third kappa shape index (κ3) is 4.00. The molecule has 2 N–H and O–H groups in total. The Morgan fingerprint density at radius 3 is 2.09 bits per heavy atom. The summed E-state index contributed by atoms with van der Waals surface area (Å²) < 4.78 is 1.16. The number of aromatic nitrogens is 2. The summed E-state index contributed by atoms with van der Waals surface area (Å²) in [5.74, 6) is -1.85. The van der Waals surface area contributed by atoms with E-state index in [4.69, 9.17) is 0 Å². The summed E-state index contributed by atoms with van der Waals surface area (Å²) in [6.07, 6.45) is 0.0885. The molecule has 4 rings (SSSR count). The van der Waals surface area contributed by atoms with E-state index in [0.29, 0.717) is 16.5 Å². The second-order valence-electron chi connectivity index (χ2n) is 7.70. The molecule has 0 fully saturated rings. The van der Waals surface area contributed by atoms with Crippen molar-refractivity contribution in [2.45, 2.75) is 18.9 Å². The lowest BCUT2D eigenvalue weighted by Crippen LogP contribution is -2.54. The Morgan fingerprint density at radius 1 is 0.906 bits per heavy atom. The van der Waals surface area contributed by atoms with Crippen LogP contribution in [-0.4, -0.2) is 32.3 Å². The maximum atomic E-state index is 13.3. The molecule has 7 nitrogen and oxygen atoms in total. The number of amides is 1. The van der Waals surface area contributed by atoms with Crippen molar-refractivity contribution < 1.29 is 14.7 Å². The summed E-state index contributed by atoms with van der Waals surface area (Å²) in [5, 5.41) is 17.5. The number of nitrogens with zero attached hydrogens (tertiary/aromatic N) is 2. The number of aliphatic carboxylic acids is 1. The number of carboxylic acids is 1. The highest BCUT2D eigenvalue weighted by Gasteiger charge is 2.36. The van der Waals surface area contributed by atoms with Gasteiger partial charge in [-0.3, -0.25) is 9.59 Å². The molecule has 160 valence electrons. The highest BCUT2D eigenvalue weighted by Crippen LogP contribution is 2.19. The summed E-state index contributed by atoms with van der Waals surface area (Å²) in [4.78, 5) is 38.4. The van der Waals surface area contributed by atoms with Gasteiger partial charge in [-0.05, 0) is 30.7 Å². The third-order valence-electron chi connectivity index (χ3n) is 5.28. The average Bonchev–Trinajstić information content (AvgIpc) is 2.80. The minimum Gasteiger partial charge on any atom is -0.480 e. The molecule has 1 atom stereocenters. The van der Waals surface area contributed by atoms with Crippen molar-refractivity contribution in [3.05, 3.63) is 107 Å². The Kier molecular flexibility index (Phi) is 5.55. The molecule has 3 aromatic carbocycles. The number of hydrogen-bond donors (Lipinski definition) is 2. The summed E-state index contributed by atoms with van der Waals surface area (Å²) in [7, 11) is 0. The van der Waals surface area contributed by atoms with E-state index in [9.17, 15) is 19.5 Å². The van der Waals surface area contributed by atoms with Crippen molar-refractivity contribution in [2.75, 3.05) is 0 Å². The fourth-order valence-corrected chi connectivity index (χ4v) is 3.59. The predicted molar refractivity (Wildman–Crippen MR) is 121 cm³/mol. The van der Waals surface area contributed by atoms with Crippen molar-refractivity contribution in [1.82, 2.24) is 15.1 Å². The lowest BCUT2D eigenvalue weighted by atomic mass is 9.92. The predicted octanol–water partition coefficient (Wildman–Crippen LogP) is 3.20. The number of nitrogens with one attached hydrogen (secondary N) is 1. The number of benzene rings is 3. The number of para-hydroxylation sites is 1. The maximum absolute atomic E-state index is 13.3. The molecule has 1 amide bonds. The van der Waals surface area contributed by atoms with E-state index < -0.39 is 17.4 Å². The molecule has 4 aromatic rings. The monoisotopic (exact) mass is 427 g/mol. The normalized spacial score (nSPS) is 12.8. The van der Waals surface area contributed by atoms with E-state index in [-0.39, 0.29) is 17.7 Å². The van der Waals surface area contributed by atoms with Crippen LogP contribution in [0.5, 0.6) is 0 Å². The molecule has 0 aliphatic carbocycles. The minimum atomic E-state index is -1.57. The van der Waals surface area contributed by atoms with E-state index in [1.807, 2.05) is 24.3 Å². The number of carbonyl (C=O) groups is 2. The van der Waals surface area contributed by atoms with Crippen LogP contribution in [-0.2, 0) is 11.2 Å². The summed E-state index contributed by atoms with van der Waals surface area (Å²) in [6, 6.07) is 24.5. The molecule has 0 unspecified atom stereocenters. The van der Waals surface area contributed by atoms with Gasteiger partial charge in [0.2, 0.25) is 0 Å². The lowest BCUT2D eigenvalue weighted by Gasteiger charge is -2.26. The van der Waals surface area contributed by atoms with Crippen LogP contribution in [0.3, 0.4) is 0 Å². The van der Waals surface area contributed by atoms with E-state index in [1.165, 1.54) is 6.92 Å². The highest BCUT2D eigenvalue weighted by molar-refractivity contribution is 6.06. The van der Waals surface area contributed by atoms with Crippen LogP contribution in [0, 0.1) is 0 Å². The zero-order valence-electron chi connectivity index (χ0n) is 17.4. The first-order valence-electron chi connectivity index (χ1n) is 10.1. The fourth-order valence-electron chi connectivity index (χ4n) is 3.59. The van der Waals surface area contributed by atoms with E-state index in [2.05, 4.69) is 10.4 Å². The van der Waals surface area contributed by atoms with Gasteiger partial charge in [0, 0.05) is 11.8 Å². The lowest BCUT2D eigenvalue weighted by molar-refractivity contribution is -0.143. The van der Waals surface area contributed by atoms with Crippen LogP contribution < -0.4 is 10.9 Å². The number of carboxylic acid groups (broad SMARTS) is 1. The van der Waals surface area contributed by atoms with Gasteiger partial charge in [-0.15, -0.1) is 0 Å². The second-order valence-corrected chi connectivity index (χ2v) is 7.70. The van der Waals surface area contributed by atoms with E-state index >= 15 is 0 Å². The Morgan fingerprint density at radius 2 is 1.47 bits per heavy atom. The Bertz CT molecular complexity index is 1350. The molecular formula is C25H21N3O4. The van der Waals surface area contributed by atoms with Gasteiger partial charge in [0.1, 0.15) is 5.54 Å². The first kappa shape index (κ1) is 21.0. The van der Waals surface area contributed by atoms with Crippen LogP contribution >= 0.6 is 0 Å². The Balaban J connectivity index is 1.80. The Hall–Kier alpha value is -4.26. The third-order valence-corrected chi connectivity index (χ3v) is 5.28. The molecule has 0 radical (unpaired) electrons. The molecule has 0 saturated carbocycles. The smallest absolute Gasteiger partial charge is 0.329 e. The molecule has 7 heteroatoms. The largest absolute Gasteiger partial charge is 0.480 e. The second kappa shape index (κ2) is 8.47. The quantitative estimate of drug-likeness (QED) is 0.492. The molecule has 0 bridgehead atoms. The van der Waals surface area contributed by atoms with Crippen molar-refractivity contribution in [3.63, 3.8) is 0 Å². The van der Waals surface area contributed by atoms with Crippen molar-refractivity contribution >= 4 is 22.6 Å². The zero-order chi connectivity index (χ0) is 22.7. The summed E-state index contributed by atoms with van der Waals surface area (Å²) in [6.45, 7) is 1.45.